The molecule has 0 saturated heterocycles. The number of carbonyl (C=O) groups excluding carboxylic acids is 1. The Morgan fingerprint density at radius 3 is 2.29 bits per heavy atom. The number of ketones is 1. The molecule has 1 heterocycles. The van der Waals surface area contributed by atoms with Crippen molar-refractivity contribution in [2.24, 2.45) is 0 Å². The minimum atomic E-state index is -1.57. The average Bonchev–Trinajstić information content (AvgIpc) is 2.69. The highest BCUT2D eigenvalue weighted by atomic mass is 16.6. The molecule has 5 nitrogen and oxygen atoms in total. The summed E-state index contributed by atoms with van der Waals surface area (Å²) < 4.78 is 5.57. The first-order valence-electron chi connectivity index (χ1n) is 11.8. The number of hydrogen-bond donors (Lipinski definition) is 3. The standard InChI is InChI=1S/C26H38O5/c1-2-3-4-5-6-7-8-9-10-11-12-13-14-15-16-17-26(30)20-23(29)25-22(28)18-21(27)19-24(25)31-26/h6-7,9-10,18-19,27-28,30H,2-5,8,11-17,20H2,1H3/b7-6-,10-9-. The van der Waals surface area contributed by atoms with Crippen molar-refractivity contribution >= 4 is 5.78 Å². The van der Waals surface area contributed by atoms with Crippen molar-refractivity contribution in [3.05, 3.63) is 42.0 Å². The largest absolute Gasteiger partial charge is 0.508 e. The molecule has 1 aromatic rings. The zero-order valence-electron chi connectivity index (χ0n) is 18.8. The molecule has 0 fully saturated rings. The lowest BCUT2D eigenvalue weighted by Crippen LogP contribution is -2.41. The maximum absolute atomic E-state index is 12.3. The molecular weight excluding hydrogens is 392 g/mol. The molecule has 2 rings (SSSR count). The Morgan fingerprint density at radius 1 is 0.935 bits per heavy atom. The highest BCUT2D eigenvalue weighted by molar-refractivity contribution is 6.02. The van der Waals surface area contributed by atoms with Crippen molar-refractivity contribution < 1.29 is 24.9 Å². The maximum Gasteiger partial charge on any atom is 0.215 e. The summed E-state index contributed by atoms with van der Waals surface area (Å²) in [5.74, 6) is -2.43. The number of carbonyl (C=O) groups is 1. The molecule has 1 atom stereocenters. The zero-order valence-corrected chi connectivity index (χ0v) is 18.8. The molecule has 172 valence electrons. The normalized spacial score (nSPS) is 18.6. The summed E-state index contributed by atoms with van der Waals surface area (Å²) in [7, 11) is 0. The number of fused-ring (bicyclic) bond motifs is 1. The van der Waals surface area contributed by atoms with Gasteiger partial charge in [0, 0.05) is 18.6 Å². The van der Waals surface area contributed by atoms with Crippen LogP contribution in [0.5, 0.6) is 17.2 Å². The Kier molecular flexibility index (Phi) is 10.6. The Labute approximate surface area is 186 Å². The van der Waals surface area contributed by atoms with Gasteiger partial charge in [-0.05, 0) is 38.5 Å². The van der Waals surface area contributed by atoms with Gasteiger partial charge in [0.1, 0.15) is 22.8 Å². The van der Waals surface area contributed by atoms with E-state index in [4.69, 9.17) is 4.74 Å². The number of ether oxygens (including phenoxy) is 1. The summed E-state index contributed by atoms with van der Waals surface area (Å²) in [6.07, 6.45) is 21.4. The lowest BCUT2D eigenvalue weighted by molar-refractivity contribution is -0.145. The van der Waals surface area contributed by atoms with Crippen molar-refractivity contribution in [1.82, 2.24) is 0 Å². The quantitative estimate of drug-likeness (QED) is 0.230. The number of hydrogen-bond acceptors (Lipinski definition) is 5. The molecule has 1 unspecified atom stereocenters. The number of allylic oxidation sites excluding steroid dienone is 4. The summed E-state index contributed by atoms with van der Waals surface area (Å²) in [6.45, 7) is 2.22. The average molecular weight is 431 g/mol. The molecule has 31 heavy (non-hydrogen) atoms. The number of aliphatic hydroxyl groups is 1. The van der Waals surface area contributed by atoms with Gasteiger partial charge in [0.15, 0.2) is 5.78 Å². The number of rotatable bonds is 14. The van der Waals surface area contributed by atoms with E-state index in [9.17, 15) is 20.1 Å². The minimum Gasteiger partial charge on any atom is -0.508 e. The summed E-state index contributed by atoms with van der Waals surface area (Å²) in [4.78, 5) is 12.3. The fourth-order valence-corrected chi connectivity index (χ4v) is 3.88. The topological polar surface area (TPSA) is 87.0 Å². The van der Waals surface area contributed by atoms with Crippen LogP contribution in [0.15, 0.2) is 36.4 Å². The first kappa shape index (κ1) is 25.0. The van der Waals surface area contributed by atoms with Crippen LogP contribution in [0.4, 0.5) is 0 Å². The van der Waals surface area contributed by atoms with Crippen molar-refractivity contribution in [3.8, 4) is 17.2 Å². The first-order valence-corrected chi connectivity index (χ1v) is 11.8. The molecule has 0 saturated carbocycles. The van der Waals surface area contributed by atoms with Gasteiger partial charge in [0.05, 0.1) is 6.42 Å². The van der Waals surface area contributed by atoms with Crippen LogP contribution >= 0.6 is 0 Å². The van der Waals surface area contributed by atoms with E-state index in [1.54, 1.807) is 0 Å². The second-order valence-electron chi connectivity index (χ2n) is 8.47. The van der Waals surface area contributed by atoms with Crippen LogP contribution in [0.2, 0.25) is 0 Å². The Balaban J connectivity index is 1.57. The first-order chi connectivity index (χ1) is 14.9. The van der Waals surface area contributed by atoms with Crippen LogP contribution < -0.4 is 4.74 Å². The molecule has 0 aromatic heterocycles. The molecule has 0 amide bonds. The highest BCUT2D eigenvalue weighted by Gasteiger charge is 2.39. The van der Waals surface area contributed by atoms with Crippen molar-refractivity contribution in [2.75, 3.05) is 0 Å². The molecule has 0 bridgehead atoms. The third-order valence-corrected chi connectivity index (χ3v) is 5.60. The Morgan fingerprint density at radius 2 is 1.58 bits per heavy atom. The summed E-state index contributed by atoms with van der Waals surface area (Å²) >= 11 is 0. The number of Topliss-reactive ketones (excluding diaryl/α,β-unsaturated/α-hetero) is 1. The van der Waals surface area contributed by atoms with Gasteiger partial charge >= 0.3 is 0 Å². The van der Waals surface area contributed by atoms with E-state index in [1.807, 2.05) is 0 Å². The van der Waals surface area contributed by atoms with Crippen LogP contribution in [-0.2, 0) is 0 Å². The minimum absolute atomic E-state index is 0.0301. The Bertz CT molecular complexity index is 752. The lowest BCUT2D eigenvalue weighted by Gasteiger charge is -2.33. The van der Waals surface area contributed by atoms with Gasteiger partial charge in [-0.15, -0.1) is 0 Å². The molecule has 5 heteroatoms. The van der Waals surface area contributed by atoms with E-state index in [2.05, 4.69) is 31.2 Å². The number of phenolic OH excluding ortho intramolecular Hbond substituents is 2. The number of phenols is 2. The van der Waals surface area contributed by atoms with Gasteiger partial charge in [-0.3, -0.25) is 4.79 Å². The van der Waals surface area contributed by atoms with E-state index in [1.165, 1.54) is 31.7 Å². The van der Waals surface area contributed by atoms with Crippen molar-refractivity contribution in [1.29, 1.82) is 0 Å². The van der Waals surface area contributed by atoms with E-state index in [-0.39, 0.29) is 35.0 Å². The lowest BCUT2D eigenvalue weighted by atomic mass is 9.93. The number of aromatic hydroxyl groups is 2. The van der Waals surface area contributed by atoms with Gasteiger partial charge < -0.3 is 20.1 Å². The molecule has 3 N–H and O–H groups in total. The second kappa shape index (κ2) is 13.2. The van der Waals surface area contributed by atoms with Crippen molar-refractivity contribution in [2.45, 2.75) is 96.2 Å². The van der Waals surface area contributed by atoms with Crippen LogP contribution in [0.1, 0.15) is 101 Å². The molecule has 0 aliphatic carbocycles. The summed E-state index contributed by atoms with van der Waals surface area (Å²) in [5.41, 5.74) is 0.0301. The van der Waals surface area contributed by atoms with E-state index >= 15 is 0 Å². The molecular formula is C26H38O5. The van der Waals surface area contributed by atoms with E-state index < -0.39 is 5.79 Å². The highest BCUT2D eigenvalue weighted by Crippen LogP contribution is 2.41. The fourth-order valence-electron chi connectivity index (χ4n) is 3.88. The monoisotopic (exact) mass is 430 g/mol. The molecule has 0 spiro atoms. The fraction of sp³-hybridized carbons (Fsp3) is 0.577. The molecule has 0 radical (unpaired) electrons. The third kappa shape index (κ3) is 8.78. The SMILES string of the molecule is CCCCC/C=C\C/C=C\CCCCCCCC1(O)CC(=O)c2c(O)cc(O)cc2O1. The smallest absolute Gasteiger partial charge is 0.215 e. The predicted octanol–water partition coefficient (Wildman–Crippen LogP) is 6.57. The van der Waals surface area contributed by atoms with E-state index in [0.29, 0.717) is 6.42 Å². The second-order valence-corrected chi connectivity index (χ2v) is 8.47. The van der Waals surface area contributed by atoms with Crippen LogP contribution in [0.25, 0.3) is 0 Å². The summed E-state index contributed by atoms with van der Waals surface area (Å²) in [6, 6.07) is 2.36. The van der Waals surface area contributed by atoms with Crippen LogP contribution in [0.3, 0.4) is 0 Å². The Hall–Kier alpha value is -2.27. The predicted molar refractivity (Wildman–Crippen MR) is 124 cm³/mol. The molecule has 1 aliphatic heterocycles. The zero-order chi connectivity index (χ0) is 22.5. The van der Waals surface area contributed by atoms with Crippen LogP contribution in [-0.4, -0.2) is 26.9 Å². The molecule has 1 aromatic carbocycles. The van der Waals surface area contributed by atoms with Gasteiger partial charge in [-0.25, -0.2) is 0 Å². The maximum atomic E-state index is 12.3. The third-order valence-electron chi connectivity index (χ3n) is 5.60. The van der Waals surface area contributed by atoms with Gasteiger partial charge in [-0.2, -0.15) is 0 Å². The van der Waals surface area contributed by atoms with Gasteiger partial charge in [0.2, 0.25) is 5.79 Å². The number of benzene rings is 1. The van der Waals surface area contributed by atoms with Gasteiger partial charge in [0.25, 0.3) is 0 Å². The van der Waals surface area contributed by atoms with Gasteiger partial charge in [-0.1, -0.05) is 63.3 Å². The molecule has 1 aliphatic rings. The van der Waals surface area contributed by atoms with Crippen molar-refractivity contribution in [3.63, 3.8) is 0 Å². The summed E-state index contributed by atoms with van der Waals surface area (Å²) in [5, 5.41) is 30.1. The number of unbranched alkanes of at least 4 members (excludes halogenated alkanes) is 8. The van der Waals surface area contributed by atoms with E-state index in [0.717, 1.165) is 51.0 Å². The van der Waals surface area contributed by atoms with Crippen LogP contribution in [0, 0.1) is 0 Å².